The summed E-state index contributed by atoms with van der Waals surface area (Å²) in [7, 11) is 0. The van der Waals surface area contributed by atoms with Gasteiger partial charge in [0.05, 0.1) is 0 Å². The Hall–Kier alpha value is -2.00. The van der Waals surface area contributed by atoms with Gasteiger partial charge in [-0.05, 0) is 50.2 Å². The number of rotatable bonds is 2. The molecule has 1 aliphatic rings. The summed E-state index contributed by atoms with van der Waals surface area (Å²) in [4.78, 5) is 16.9. The Bertz CT molecular complexity index is 684. The molecule has 1 aliphatic heterocycles. The van der Waals surface area contributed by atoms with Crippen LogP contribution in [0.15, 0.2) is 42.5 Å². The van der Waals surface area contributed by atoms with E-state index in [1.165, 1.54) is 0 Å². The predicted octanol–water partition coefficient (Wildman–Crippen LogP) is 3.92. The summed E-state index contributed by atoms with van der Waals surface area (Å²) in [5.41, 5.74) is 4.22. The fourth-order valence-corrected chi connectivity index (χ4v) is 3.23. The number of piperazine rings is 1. The number of halogens is 1. The molecule has 0 spiro atoms. The summed E-state index contributed by atoms with van der Waals surface area (Å²) in [5, 5.41) is 0.748. The highest BCUT2D eigenvalue weighted by Crippen LogP contribution is 2.20. The lowest BCUT2D eigenvalue weighted by Crippen LogP contribution is -2.48. The van der Waals surface area contributed by atoms with Gasteiger partial charge in [0.1, 0.15) is 0 Å². The number of hydrogen-bond donors (Lipinski definition) is 0. The highest BCUT2D eigenvalue weighted by molar-refractivity contribution is 6.30. The van der Waals surface area contributed by atoms with Gasteiger partial charge in [-0.3, -0.25) is 4.79 Å². The van der Waals surface area contributed by atoms with Crippen LogP contribution in [-0.2, 0) is 0 Å². The molecule has 2 aromatic rings. The highest BCUT2D eigenvalue weighted by Gasteiger charge is 2.22. The Labute approximate surface area is 142 Å². The van der Waals surface area contributed by atoms with Crippen LogP contribution in [0.5, 0.6) is 0 Å². The molecule has 0 radical (unpaired) electrons. The summed E-state index contributed by atoms with van der Waals surface area (Å²) >= 11 is 5.94. The van der Waals surface area contributed by atoms with Crippen molar-refractivity contribution >= 4 is 23.2 Å². The maximum atomic E-state index is 12.7. The number of benzene rings is 2. The molecule has 23 heavy (non-hydrogen) atoms. The summed E-state index contributed by atoms with van der Waals surface area (Å²) in [5.74, 6) is 0.132. The number of anilines is 1. The van der Waals surface area contributed by atoms with Gasteiger partial charge in [-0.2, -0.15) is 0 Å². The first-order valence-corrected chi connectivity index (χ1v) is 8.29. The fourth-order valence-electron chi connectivity index (χ4n) is 3.10. The first-order valence-electron chi connectivity index (χ1n) is 7.91. The molecule has 0 saturated carbocycles. The van der Waals surface area contributed by atoms with Crippen LogP contribution in [0.25, 0.3) is 0 Å². The number of nitrogens with zero attached hydrogens (tertiary/aromatic N) is 2. The molecular formula is C19H21ClN2O. The minimum Gasteiger partial charge on any atom is -0.368 e. The summed E-state index contributed by atoms with van der Waals surface area (Å²) in [6, 6.07) is 13.9. The van der Waals surface area contributed by atoms with Crippen molar-refractivity contribution in [2.24, 2.45) is 0 Å². The molecule has 0 aromatic heterocycles. The van der Waals surface area contributed by atoms with Gasteiger partial charge in [-0.15, -0.1) is 0 Å². The van der Waals surface area contributed by atoms with Crippen molar-refractivity contribution in [2.75, 3.05) is 31.1 Å². The molecule has 0 unspecified atom stereocenters. The van der Waals surface area contributed by atoms with Crippen LogP contribution in [0.2, 0.25) is 5.02 Å². The third-order valence-corrected chi connectivity index (χ3v) is 4.48. The van der Waals surface area contributed by atoms with Crippen LogP contribution in [0.3, 0.4) is 0 Å². The quantitative estimate of drug-likeness (QED) is 0.834. The molecule has 2 aromatic carbocycles. The van der Waals surface area contributed by atoms with Gasteiger partial charge in [0.25, 0.3) is 5.91 Å². The van der Waals surface area contributed by atoms with Gasteiger partial charge in [-0.1, -0.05) is 28.8 Å². The minimum absolute atomic E-state index is 0.132. The Morgan fingerprint density at radius 2 is 1.48 bits per heavy atom. The van der Waals surface area contributed by atoms with Crippen LogP contribution < -0.4 is 4.90 Å². The van der Waals surface area contributed by atoms with Crippen molar-refractivity contribution < 1.29 is 4.79 Å². The molecule has 0 bridgehead atoms. The van der Waals surface area contributed by atoms with Gasteiger partial charge >= 0.3 is 0 Å². The van der Waals surface area contributed by atoms with E-state index in [1.54, 1.807) is 0 Å². The van der Waals surface area contributed by atoms with Crippen LogP contribution in [0, 0.1) is 13.8 Å². The van der Waals surface area contributed by atoms with Gasteiger partial charge in [0.15, 0.2) is 0 Å². The number of amides is 1. The summed E-state index contributed by atoms with van der Waals surface area (Å²) in [6.45, 7) is 7.24. The Kier molecular flexibility index (Phi) is 4.58. The number of aryl methyl sites for hydroxylation is 2. The maximum absolute atomic E-state index is 12.7. The third kappa shape index (κ3) is 3.67. The topological polar surface area (TPSA) is 23.6 Å². The van der Waals surface area contributed by atoms with Crippen molar-refractivity contribution in [3.63, 3.8) is 0 Å². The molecule has 0 aliphatic carbocycles. The zero-order chi connectivity index (χ0) is 16.4. The van der Waals surface area contributed by atoms with E-state index in [-0.39, 0.29) is 5.91 Å². The number of hydrogen-bond acceptors (Lipinski definition) is 2. The standard InChI is InChI=1S/C19H21ClN2O/c1-14-11-15(2)13-16(12-14)19(23)22-9-7-21(8-10-22)18-5-3-17(20)4-6-18/h3-6,11-13H,7-10H2,1-2H3. The normalized spacial score (nSPS) is 14.9. The molecule has 120 valence electrons. The second-order valence-electron chi connectivity index (χ2n) is 6.13. The molecule has 1 amide bonds. The molecule has 1 saturated heterocycles. The van der Waals surface area contributed by atoms with Crippen LogP contribution in [0.1, 0.15) is 21.5 Å². The average molecular weight is 329 g/mol. The van der Waals surface area contributed by atoms with Crippen molar-refractivity contribution in [1.82, 2.24) is 4.90 Å². The lowest BCUT2D eigenvalue weighted by atomic mass is 10.1. The van der Waals surface area contributed by atoms with E-state index in [2.05, 4.69) is 11.0 Å². The number of carbonyl (C=O) groups excluding carboxylic acids is 1. The zero-order valence-electron chi connectivity index (χ0n) is 13.6. The van der Waals surface area contributed by atoms with Crippen molar-refractivity contribution in [3.05, 3.63) is 64.2 Å². The minimum atomic E-state index is 0.132. The monoisotopic (exact) mass is 328 g/mol. The Morgan fingerprint density at radius 1 is 0.913 bits per heavy atom. The van der Waals surface area contributed by atoms with E-state index in [0.29, 0.717) is 0 Å². The first kappa shape index (κ1) is 15.9. The summed E-state index contributed by atoms with van der Waals surface area (Å²) in [6.07, 6.45) is 0. The molecule has 1 heterocycles. The molecular weight excluding hydrogens is 308 g/mol. The van der Waals surface area contributed by atoms with Gasteiger partial charge in [-0.25, -0.2) is 0 Å². The smallest absolute Gasteiger partial charge is 0.253 e. The second-order valence-corrected chi connectivity index (χ2v) is 6.57. The SMILES string of the molecule is Cc1cc(C)cc(C(=O)N2CCN(c3ccc(Cl)cc3)CC2)c1. The lowest BCUT2D eigenvalue weighted by Gasteiger charge is -2.36. The molecule has 1 fully saturated rings. The molecule has 3 nitrogen and oxygen atoms in total. The van der Waals surface area contributed by atoms with Crippen LogP contribution >= 0.6 is 11.6 Å². The van der Waals surface area contributed by atoms with E-state index in [9.17, 15) is 4.79 Å². The average Bonchev–Trinajstić information content (AvgIpc) is 2.54. The molecule has 3 rings (SSSR count). The Morgan fingerprint density at radius 3 is 2.04 bits per heavy atom. The largest absolute Gasteiger partial charge is 0.368 e. The van der Waals surface area contributed by atoms with Crippen molar-refractivity contribution in [3.8, 4) is 0 Å². The zero-order valence-corrected chi connectivity index (χ0v) is 14.3. The van der Waals surface area contributed by atoms with Crippen LogP contribution in [-0.4, -0.2) is 37.0 Å². The first-order chi connectivity index (χ1) is 11.0. The predicted molar refractivity (Wildman–Crippen MR) is 95.5 cm³/mol. The Balaban J connectivity index is 1.66. The number of carbonyl (C=O) groups is 1. The summed E-state index contributed by atoms with van der Waals surface area (Å²) < 4.78 is 0. The van der Waals surface area contributed by atoms with Crippen LogP contribution in [0.4, 0.5) is 5.69 Å². The highest BCUT2D eigenvalue weighted by atomic mass is 35.5. The van der Waals surface area contributed by atoms with E-state index in [0.717, 1.165) is 53.6 Å². The van der Waals surface area contributed by atoms with Crippen molar-refractivity contribution in [1.29, 1.82) is 0 Å². The molecule has 0 atom stereocenters. The van der Waals surface area contributed by atoms with E-state index in [4.69, 9.17) is 11.6 Å². The van der Waals surface area contributed by atoms with E-state index >= 15 is 0 Å². The fraction of sp³-hybridized carbons (Fsp3) is 0.316. The third-order valence-electron chi connectivity index (χ3n) is 4.23. The lowest BCUT2D eigenvalue weighted by molar-refractivity contribution is 0.0746. The van der Waals surface area contributed by atoms with E-state index < -0.39 is 0 Å². The maximum Gasteiger partial charge on any atom is 0.253 e. The van der Waals surface area contributed by atoms with Crippen molar-refractivity contribution in [2.45, 2.75) is 13.8 Å². The van der Waals surface area contributed by atoms with Gasteiger partial charge in [0, 0.05) is 42.5 Å². The van der Waals surface area contributed by atoms with E-state index in [1.807, 2.05) is 55.1 Å². The second kappa shape index (κ2) is 6.63. The van der Waals surface area contributed by atoms with Gasteiger partial charge < -0.3 is 9.80 Å². The molecule has 0 N–H and O–H groups in total. The van der Waals surface area contributed by atoms with Gasteiger partial charge in [0.2, 0.25) is 0 Å². The molecule has 4 heteroatoms.